The number of amides is 2. The van der Waals surface area contributed by atoms with E-state index in [4.69, 9.17) is 20.0 Å². The Kier molecular flexibility index (Phi) is 4.24. The molecule has 0 fully saturated rings. The highest BCUT2D eigenvalue weighted by molar-refractivity contribution is 5.75. The van der Waals surface area contributed by atoms with Gasteiger partial charge in [-0.05, 0) is 19.1 Å². The zero-order valence-corrected chi connectivity index (χ0v) is 13.0. The van der Waals surface area contributed by atoms with E-state index in [-0.39, 0.29) is 6.61 Å². The molecule has 0 bridgehead atoms. The summed E-state index contributed by atoms with van der Waals surface area (Å²) >= 11 is 0. The first-order valence-electron chi connectivity index (χ1n) is 7.41. The normalized spacial score (nSPS) is 12.4. The van der Waals surface area contributed by atoms with Crippen LogP contribution in [-0.4, -0.2) is 23.9 Å². The average Bonchev–Trinajstić information content (AvgIpc) is 2.58. The van der Waals surface area contributed by atoms with Crippen LogP contribution in [-0.2, 0) is 9.57 Å². The van der Waals surface area contributed by atoms with Crippen LogP contribution in [0.3, 0.4) is 0 Å². The number of para-hydroxylation sites is 2. The van der Waals surface area contributed by atoms with Crippen molar-refractivity contribution in [1.29, 1.82) is 0 Å². The second-order valence-corrected chi connectivity index (χ2v) is 5.02. The molecule has 7 nitrogen and oxygen atoms in total. The van der Waals surface area contributed by atoms with Gasteiger partial charge in [-0.25, -0.2) is 9.59 Å². The number of benzene rings is 2. The lowest BCUT2D eigenvalue weighted by molar-refractivity contribution is -0.108. The number of nitrogens with zero attached hydrogens (tertiary/aromatic N) is 1. The van der Waals surface area contributed by atoms with E-state index >= 15 is 0 Å². The second-order valence-electron chi connectivity index (χ2n) is 5.02. The maximum Gasteiger partial charge on any atom is 0.533 e. The van der Waals surface area contributed by atoms with Gasteiger partial charge in [-0.1, -0.05) is 36.4 Å². The Bertz CT molecular complexity index is 732. The van der Waals surface area contributed by atoms with Crippen molar-refractivity contribution < 1.29 is 23.9 Å². The predicted molar refractivity (Wildman–Crippen MR) is 84.3 cm³/mol. The fraction of sp³-hybridized carbons (Fsp3) is 0.176. The summed E-state index contributed by atoms with van der Waals surface area (Å²) in [5.74, 6) is 1.11. The molecule has 0 saturated heterocycles. The van der Waals surface area contributed by atoms with Gasteiger partial charge in [-0.2, -0.15) is 0 Å². The van der Waals surface area contributed by atoms with Crippen LogP contribution >= 0.6 is 0 Å². The van der Waals surface area contributed by atoms with Crippen LogP contribution in [0, 0.1) is 0 Å². The Balaban J connectivity index is 2.07. The molecule has 2 N–H and O–H groups in total. The first-order valence-corrected chi connectivity index (χ1v) is 7.41. The number of hydrogen-bond acceptors (Lipinski definition) is 5. The third-order valence-corrected chi connectivity index (χ3v) is 3.53. The Morgan fingerprint density at radius 3 is 2.12 bits per heavy atom. The molecule has 0 unspecified atom stereocenters. The van der Waals surface area contributed by atoms with Gasteiger partial charge in [0.25, 0.3) is 0 Å². The molecule has 7 heteroatoms. The van der Waals surface area contributed by atoms with E-state index in [1.165, 1.54) is 0 Å². The number of nitrogens with two attached hydrogens (primary N) is 1. The first kappa shape index (κ1) is 15.7. The summed E-state index contributed by atoms with van der Waals surface area (Å²) < 4.78 is 10.6. The summed E-state index contributed by atoms with van der Waals surface area (Å²) in [6, 6.07) is 12.7. The van der Waals surface area contributed by atoms with Gasteiger partial charge in [0, 0.05) is 11.1 Å². The molecule has 1 heterocycles. The second kappa shape index (κ2) is 6.49. The predicted octanol–water partition coefficient (Wildman–Crippen LogP) is 3.35. The first-order chi connectivity index (χ1) is 11.6. The van der Waals surface area contributed by atoms with Crippen LogP contribution in [0.2, 0.25) is 0 Å². The lowest BCUT2D eigenvalue weighted by atomic mass is 9.94. The van der Waals surface area contributed by atoms with Gasteiger partial charge in [-0.15, -0.1) is 5.06 Å². The zero-order chi connectivity index (χ0) is 17.1. The lowest BCUT2D eigenvalue weighted by Gasteiger charge is -2.33. The van der Waals surface area contributed by atoms with Gasteiger partial charge in [0.2, 0.25) is 0 Å². The highest BCUT2D eigenvalue weighted by Gasteiger charge is 2.36. The number of primary amides is 1. The number of rotatable bonds is 2. The molecular formula is C17H16N2O5. The van der Waals surface area contributed by atoms with Crippen molar-refractivity contribution in [2.45, 2.75) is 13.0 Å². The Morgan fingerprint density at radius 2 is 1.62 bits per heavy atom. The Hall–Kier alpha value is -3.22. The molecule has 0 radical (unpaired) electrons. The summed E-state index contributed by atoms with van der Waals surface area (Å²) in [5, 5.41) is 0.804. The van der Waals surface area contributed by atoms with Crippen LogP contribution in [0.15, 0.2) is 48.5 Å². The van der Waals surface area contributed by atoms with Crippen molar-refractivity contribution in [2.24, 2.45) is 5.73 Å². The lowest BCUT2D eigenvalue weighted by Crippen LogP contribution is -2.42. The van der Waals surface area contributed by atoms with Crippen LogP contribution in [0.25, 0.3) is 0 Å². The maximum absolute atomic E-state index is 11.9. The molecule has 0 aliphatic carbocycles. The van der Waals surface area contributed by atoms with Crippen molar-refractivity contribution >= 4 is 12.2 Å². The van der Waals surface area contributed by atoms with Crippen molar-refractivity contribution in [3.8, 4) is 11.5 Å². The minimum atomic E-state index is -1.00. The Labute approximate surface area is 138 Å². The molecule has 0 spiro atoms. The van der Waals surface area contributed by atoms with Gasteiger partial charge in [0.05, 0.1) is 6.61 Å². The Morgan fingerprint density at radius 1 is 1.08 bits per heavy atom. The number of carbonyl (C=O) groups excluding carboxylic acids is 2. The number of fused-ring (bicyclic) bond motifs is 2. The van der Waals surface area contributed by atoms with E-state index in [2.05, 4.69) is 0 Å². The van der Waals surface area contributed by atoms with Crippen LogP contribution in [0.5, 0.6) is 11.5 Å². The van der Waals surface area contributed by atoms with Crippen LogP contribution < -0.4 is 10.5 Å². The summed E-state index contributed by atoms with van der Waals surface area (Å²) in [6.45, 7) is 1.75. The topological polar surface area (TPSA) is 91.1 Å². The molecule has 3 rings (SSSR count). The summed E-state index contributed by atoms with van der Waals surface area (Å²) in [7, 11) is 0. The largest absolute Gasteiger partial charge is 0.533 e. The van der Waals surface area contributed by atoms with E-state index < -0.39 is 18.2 Å². The maximum atomic E-state index is 11.9. The molecule has 0 atom stereocenters. The van der Waals surface area contributed by atoms with E-state index in [1.807, 2.05) is 12.1 Å². The third kappa shape index (κ3) is 2.83. The summed E-state index contributed by atoms with van der Waals surface area (Å²) in [4.78, 5) is 28.7. The van der Waals surface area contributed by atoms with Gasteiger partial charge in [0.15, 0.2) is 0 Å². The molecule has 2 amide bonds. The molecule has 124 valence electrons. The number of urea groups is 1. The van der Waals surface area contributed by atoms with E-state index in [1.54, 1.807) is 43.3 Å². The SMILES string of the molecule is CCOC(=O)ON(C(N)=O)C1c2ccccc2Oc2ccccc21. The minimum Gasteiger partial charge on any atom is -0.457 e. The van der Waals surface area contributed by atoms with Gasteiger partial charge < -0.3 is 20.0 Å². The van der Waals surface area contributed by atoms with E-state index in [0.717, 1.165) is 5.06 Å². The monoisotopic (exact) mass is 328 g/mol. The fourth-order valence-electron chi connectivity index (χ4n) is 2.59. The molecule has 2 aromatic carbocycles. The molecule has 2 aromatic rings. The molecule has 1 aliphatic rings. The van der Waals surface area contributed by atoms with Gasteiger partial charge >= 0.3 is 12.2 Å². The van der Waals surface area contributed by atoms with E-state index in [0.29, 0.717) is 22.6 Å². The van der Waals surface area contributed by atoms with Crippen LogP contribution in [0.1, 0.15) is 24.1 Å². The number of ether oxygens (including phenoxy) is 2. The highest BCUT2D eigenvalue weighted by atomic mass is 16.8. The zero-order valence-electron chi connectivity index (χ0n) is 13.0. The molecule has 24 heavy (non-hydrogen) atoms. The van der Waals surface area contributed by atoms with Gasteiger partial charge in [-0.3, -0.25) is 0 Å². The minimum absolute atomic E-state index is 0.117. The van der Waals surface area contributed by atoms with Gasteiger partial charge in [0.1, 0.15) is 17.5 Å². The van der Waals surface area contributed by atoms with Crippen molar-refractivity contribution in [1.82, 2.24) is 5.06 Å². The fourth-order valence-corrected chi connectivity index (χ4v) is 2.59. The third-order valence-electron chi connectivity index (χ3n) is 3.53. The quantitative estimate of drug-likeness (QED) is 0.674. The number of carbonyl (C=O) groups is 2. The standard InChI is InChI=1S/C17H16N2O5/c1-2-22-17(21)24-19(16(18)20)15-11-7-3-5-9-13(11)23-14-10-6-4-8-12(14)15/h3-10,15H,2H2,1H3,(H2,18,20). The van der Waals surface area contributed by atoms with Crippen molar-refractivity contribution in [3.63, 3.8) is 0 Å². The molecular weight excluding hydrogens is 312 g/mol. The van der Waals surface area contributed by atoms with Crippen molar-refractivity contribution in [2.75, 3.05) is 6.61 Å². The highest BCUT2D eigenvalue weighted by Crippen LogP contribution is 2.45. The van der Waals surface area contributed by atoms with Crippen molar-refractivity contribution in [3.05, 3.63) is 59.7 Å². The van der Waals surface area contributed by atoms with Crippen LogP contribution in [0.4, 0.5) is 9.59 Å². The number of hydroxylamine groups is 2. The summed E-state index contributed by atoms with van der Waals surface area (Å²) in [6.07, 6.45) is -1.00. The summed E-state index contributed by atoms with van der Waals surface area (Å²) in [5.41, 5.74) is 6.74. The average molecular weight is 328 g/mol. The van der Waals surface area contributed by atoms with E-state index in [9.17, 15) is 9.59 Å². The molecule has 1 aliphatic heterocycles. The smallest absolute Gasteiger partial charge is 0.457 e. The molecule has 0 aromatic heterocycles. The molecule has 0 saturated carbocycles. The number of hydrogen-bond donors (Lipinski definition) is 1.